The van der Waals surface area contributed by atoms with Gasteiger partial charge in [0.25, 0.3) is 5.56 Å². The summed E-state index contributed by atoms with van der Waals surface area (Å²) in [6.45, 7) is 1.66. The van der Waals surface area contributed by atoms with Gasteiger partial charge in [0.2, 0.25) is 5.91 Å². The number of nitrogens with zero attached hydrogens (tertiary/aromatic N) is 2. The monoisotopic (exact) mass is 387 g/mol. The minimum absolute atomic E-state index is 0.229. The molecule has 1 aromatic heterocycles. The molecule has 3 rings (SSSR count). The lowest BCUT2D eigenvalue weighted by atomic mass is 10.1. The molecular formula is C20H16F3N3O2. The van der Waals surface area contributed by atoms with Crippen LogP contribution in [0.25, 0.3) is 11.3 Å². The molecule has 0 aliphatic carbocycles. The van der Waals surface area contributed by atoms with Crippen LogP contribution in [0.5, 0.6) is 0 Å². The van der Waals surface area contributed by atoms with Crippen molar-refractivity contribution in [3.05, 3.63) is 82.4 Å². The van der Waals surface area contributed by atoms with E-state index >= 15 is 0 Å². The Morgan fingerprint density at radius 2 is 1.82 bits per heavy atom. The molecule has 0 bridgehead atoms. The summed E-state index contributed by atoms with van der Waals surface area (Å²) in [6, 6.07) is 12.8. The number of nitrogens with one attached hydrogen (secondary N) is 1. The summed E-state index contributed by atoms with van der Waals surface area (Å²) in [6.07, 6.45) is -3.23. The van der Waals surface area contributed by atoms with E-state index in [-0.39, 0.29) is 12.2 Å². The first-order chi connectivity index (χ1) is 13.2. The fourth-order valence-electron chi connectivity index (χ4n) is 2.61. The number of amides is 1. The Kier molecular flexibility index (Phi) is 5.30. The molecule has 5 nitrogen and oxygen atoms in total. The molecular weight excluding hydrogens is 371 g/mol. The van der Waals surface area contributed by atoms with Gasteiger partial charge in [0.15, 0.2) is 0 Å². The average Bonchev–Trinajstić information content (AvgIpc) is 2.63. The van der Waals surface area contributed by atoms with Crippen molar-refractivity contribution in [3.8, 4) is 11.3 Å². The molecule has 0 atom stereocenters. The maximum absolute atomic E-state index is 12.6. The molecule has 0 radical (unpaired) electrons. The fraction of sp³-hybridized carbons (Fsp3) is 0.150. The molecule has 28 heavy (non-hydrogen) atoms. The first kappa shape index (κ1) is 19.3. The van der Waals surface area contributed by atoms with E-state index in [2.05, 4.69) is 10.3 Å². The third-order valence-corrected chi connectivity index (χ3v) is 4.00. The summed E-state index contributed by atoms with van der Waals surface area (Å²) in [5, 5.41) is 2.69. The molecule has 3 aromatic rings. The number of rotatable bonds is 4. The number of aryl methyl sites for hydroxylation is 1. The van der Waals surface area contributed by atoms with E-state index < -0.39 is 23.2 Å². The Balaban J connectivity index is 1.73. The zero-order valence-electron chi connectivity index (χ0n) is 14.8. The number of benzene rings is 2. The van der Waals surface area contributed by atoms with Crippen molar-refractivity contribution in [2.45, 2.75) is 19.6 Å². The molecule has 1 N–H and O–H groups in total. The van der Waals surface area contributed by atoms with Crippen molar-refractivity contribution in [1.82, 2.24) is 9.55 Å². The summed E-state index contributed by atoms with van der Waals surface area (Å²) >= 11 is 0. The van der Waals surface area contributed by atoms with Crippen LogP contribution in [0.1, 0.15) is 11.1 Å². The van der Waals surface area contributed by atoms with E-state index in [1.54, 1.807) is 18.2 Å². The Hall–Kier alpha value is -3.42. The number of hydrogen-bond donors (Lipinski definition) is 1. The van der Waals surface area contributed by atoms with E-state index in [4.69, 9.17) is 0 Å². The smallest absolute Gasteiger partial charge is 0.325 e. The normalized spacial score (nSPS) is 11.3. The van der Waals surface area contributed by atoms with Crippen LogP contribution in [0.4, 0.5) is 18.9 Å². The van der Waals surface area contributed by atoms with Gasteiger partial charge in [0, 0.05) is 17.3 Å². The fourth-order valence-corrected chi connectivity index (χ4v) is 2.61. The van der Waals surface area contributed by atoms with Gasteiger partial charge in [-0.05, 0) is 36.8 Å². The predicted octanol–water partition coefficient (Wildman–Crippen LogP) is 3.88. The minimum Gasteiger partial charge on any atom is -0.325 e. The van der Waals surface area contributed by atoms with Gasteiger partial charge >= 0.3 is 6.18 Å². The Labute approximate surface area is 158 Å². The SMILES string of the molecule is Cc1cccc(NC(=O)Cn2cnc(-c3ccc(C(F)(F)F)cc3)cc2=O)c1. The van der Waals surface area contributed by atoms with E-state index in [1.165, 1.54) is 24.5 Å². The highest BCUT2D eigenvalue weighted by Crippen LogP contribution is 2.30. The second kappa shape index (κ2) is 7.67. The average molecular weight is 387 g/mol. The standard InChI is InChI=1S/C20H16F3N3O2/c1-13-3-2-4-16(9-13)25-18(27)11-26-12-24-17(10-19(26)28)14-5-7-15(8-6-14)20(21,22)23/h2-10,12H,11H2,1H3,(H,25,27). The van der Waals surface area contributed by atoms with Gasteiger partial charge in [0.1, 0.15) is 6.54 Å². The van der Waals surface area contributed by atoms with Crippen molar-refractivity contribution in [1.29, 1.82) is 0 Å². The molecule has 144 valence electrons. The van der Waals surface area contributed by atoms with Crippen LogP contribution in [0, 0.1) is 6.92 Å². The molecule has 0 saturated carbocycles. The molecule has 1 heterocycles. The third-order valence-electron chi connectivity index (χ3n) is 4.00. The Bertz CT molecular complexity index is 1060. The zero-order valence-corrected chi connectivity index (χ0v) is 14.8. The molecule has 0 fully saturated rings. The van der Waals surface area contributed by atoms with Crippen LogP contribution >= 0.6 is 0 Å². The van der Waals surface area contributed by atoms with Gasteiger partial charge in [-0.25, -0.2) is 4.98 Å². The summed E-state index contributed by atoms with van der Waals surface area (Å²) in [5.74, 6) is -0.392. The molecule has 1 amide bonds. The van der Waals surface area contributed by atoms with Crippen LogP contribution in [-0.2, 0) is 17.5 Å². The predicted molar refractivity (Wildman–Crippen MR) is 98.7 cm³/mol. The van der Waals surface area contributed by atoms with Crippen molar-refractivity contribution in [2.24, 2.45) is 0 Å². The summed E-state index contributed by atoms with van der Waals surface area (Å²) < 4.78 is 39.0. The second-order valence-electron chi connectivity index (χ2n) is 6.23. The Morgan fingerprint density at radius 1 is 1.11 bits per heavy atom. The second-order valence-corrected chi connectivity index (χ2v) is 6.23. The van der Waals surface area contributed by atoms with Crippen LogP contribution in [0.15, 0.2) is 65.7 Å². The lowest BCUT2D eigenvalue weighted by Gasteiger charge is -2.09. The van der Waals surface area contributed by atoms with Gasteiger partial charge < -0.3 is 5.32 Å². The maximum atomic E-state index is 12.6. The number of carbonyl (C=O) groups is 1. The highest BCUT2D eigenvalue weighted by Gasteiger charge is 2.30. The number of alkyl halides is 3. The summed E-state index contributed by atoms with van der Waals surface area (Å²) in [7, 11) is 0. The molecule has 0 aliphatic rings. The largest absolute Gasteiger partial charge is 0.416 e. The lowest BCUT2D eigenvalue weighted by Crippen LogP contribution is -2.27. The van der Waals surface area contributed by atoms with Crippen molar-refractivity contribution < 1.29 is 18.0 Å². The molecule has 8 heteroatoms. The number of carbonyl (C=O) groups excluding carboxylic acids is 1. The first-order valence-corrected chi connectivity index (χ1v) is 8.33. The third kappa shape index (κ3) is 4.64. The van der Waals surface area contributed by atoms with E-state index in [0.29, 0.717) is 11.3 Å². The molecule has 0 saturated heterocycles. The topological polar surface area (TPSA) is 64.0 Å². The molecule has 0 spiro atoms. The van der Waals surface area contributed by atoms with Crippen LogP contribution < -0.4 is 10.9 Å². The lowest BCUT2D eigenvalue weighted by molar-refractivity contribution is -0.137. The summed E-state index contributed by atoms with van der Waals surface area (Å²) in [4.78, 5) is 28.4. The van der Waals surface area contributed by atoms with Gasteiger partial charge in [-0.2, -0.15) is 13.2 Å². The number of hydrogen-bond acceptors (Lipinski definition) is 3. The van der Waals surface area contributed by atoms with Crippen molar-refractivity contribution in [2.75, 3.05) is 5.32 Å². The van der Waals surface area contributed by atoms with Gasteiger partial charge in [-0.15, -0.1) is 0 Å². The highest BCUT2D eigenvalue weighted by atomic mass is 19.4. The van der Waals surface area contributed by atoms with Crippen molar-refractivity contribution in [3.63, 3.8) is 0 Å². The highest BCUT2D eigenvalue weighted by molar-refractivity contribution is 5.90. The zero-order chi connectivity index (χ0) is 20.3. The quantitative estimate of drug-likeness (QED) is 0.739. The van der Waals surface area contributed by atoms with Gasteiger partial charge in [0.05, 0.1) is 17.6 Å². The number of aromatic nitrogens is 2. The van der Waals surface area contributed by atoms with E-state index in [1.807, 2.05) is 13.0 Å². The van der Waals surface area contributed by atoms with Crippen LogP contribution in [0.2, 0.25) is 0 Å². The van der Waals surface area contributed by atoms with Crippen molar-refractivity contribution >= 4 is 11.6 Å². The van der Waals surface area contributed by atoms with E-state index in [9.17, 15) is 22.8 Å². The van der Waals surface area contributed by atoms with Crippen LogP contribution in [-0.4, -0.2) is 15.5 Å². The molecule has 0 aliphatic heterocycles. The van der Waals surface area contributed by atoms with Gasteiger partial charge in [-0.1, -0.05) is 24.3 Å². The number of halogens is 3. The van der Waals surface area contributed by atoms with Crippen LogP contribution in [0.3, 0.4) is 0 Å². The maximum Gasteiger partial charge on any atom is 0.416 e. The number of anilines is 1. The Morgan fingerprint density at radius 3 is 2.43 bits per heavy atom. The molecule has 2 aromatic carbocycles. The minimum atomic E-state index is -4.43. The van der Waals surface area contributed by atoms with E-state index in [0.717, 1.165) is 22.3 Å². The van der Waals surface area contributed by atoms with Gasteiger partial charge in [-0.3, -0.25) is 14.2 Å². The first-order valence-electron chi connectivity index (χ1n) is 8.33. The summed E-state index contributed by atoms with van der Waals surface area (Å²) in [5.41, 5.74) is 0.946. The molecule has 0 unspecified atom stereocenters.